The molecule has 0 spiro atoms. The first kappa shape index (κ1) is 17.2. The molecule has 0 aliphatic carbocycles. The Labute approximate surface area is 147 Å². The lowest BCUT2D eigenvalue weighted by atomic mass is 10.0. The molecule has 3 aromatic carbocycles. The Morgan fingerprint density at radius 2 is 1.81 bits per heavy atom. The van der Waals surface area contributed by atoms with Crippen LogP contribution in [0.1, 0.15) is 15.9 Å². The quantitative estimate of drug-likeness (QED) is 0.476. The third kappa shape index (κ3) is 3.01. The van der Waals surface area contributed by atoms with Crippen molar-refractivity contribution in [2.45, 2.75) is 6.61 Å². The zero-order valence-electron chi connectivity index (χ0n) is 13.4. The Morgan fingerprint density at radius 1 is 1.12 bits per heavy atom. The highest BCUT2D eigenvalue weighted by molar-refractivity contribution is 6.05. The number of fused-ring (bicyclic) bond motifs is 1. The molecule has 3 aromatic rings. The van der Waals surface area contributed by atoms with Crippen LogP contribution in [-0.4, -0.2) is 21.0 Å². The molecule has 8 nitrogen and oxygen atoms in total. The van der Waals surface area contributed by atoms with Gasteiger partial charge in [0, 0.05) is 16.8 Å². The molecule has 3 rings (SSSR count). The number of hydrogen-bond acceptors (Lipinski definition) is 6. The molecule has 0 atom stereocenters. The minimum absolute atomic E-state index is 0.0709. The van der Waals surface area contributed by atoms with E-state index in [1.54, 1.807) is 24.3 Å². The largest absolute Gasteiger partial charge is 0.506 e. The standard InChI is InChI=1S/C18H14N2O6/c19-18(23)13-8-16(11-3-1-2-4-12(11)17(13)22)26-15-6-5-10(9-21)7-14(15)20(24)25/h1-8,21-22H,9H2,(H2,19,23). The van der Waals surface area contributed by atoms with Gasteiger partial charge in [-0.05, 0) is 17.7 Å². The highest BCUT2D eigenvalue weighted by atomic mass is 16.6. The Balaban J connectivity index is 2.20. The molecule has 26 heavy (non-hydrogen) atoms. The number of benzene rings is 3. The molecule has 0 bridgehead atoms. The van der Waals surface area contributed by atoms with Crippen LogP contribution in [0.3, 0.4) is 0 Å². The first-order valence-electron chi connectivity index (χ1n) is 7.53. The second-order valence-corrected chi connectivity index (χ2v) is 5.50. The second-order valence-electron chi connectivity index (χ2n) is 5.50. The van der Waals surface area contributed by atoms with Crippen molar-refractivity contribution >= 4 is 22.4 Å². The number of ether oxygens (including phenoxy) is 1. The Morgan fingerprint density at radius 3 is 2.42 bits per heavy atom. The van der Waals surface area contributed by atoms with Crippen molar-refractivity contribution in [2.24, 2.45) is 5.73 Å². The number of carbonyl (C=O) groups excluding carboxylic acids is 1. The van der Waals surface area contributed by atoms with Gasteiger partial charge in [-0.25, -0.2) is 0 Å². The third-order valence-corrected chi connectivity index (χ3v) is 3.87. The topological polar surface area (TPSA) is 136 Å². The summed E-state index contributed by atoms with van der Waals surface area (Å²) in [6.07, 6.45) is 0. The lowest BCUT2D eigenvalue weighted by Gasteiger charge is -2.13. The fourth-order valence-electron chi connectivity index (χ4n) is 2.61. The van der Waals surface area contributed by atoms with Gasteiger partial charge in [-0.1, -0.05) is 30.3 Å². The molecule has 1 amide bonds. The molecular formula is C18H14N2O6. The molecule has 4 N–H and O–H groups in total. The van der Waals surface area contributed by atoms with Crippen LogP contribution in [0.5, 0.6) is 17.2 Å². The van der Waals surface area contributed by atoms with Crippen LogP contribution < -0.4 is 10.5 Å². The summed E-state index contributed by atoms with van der Waals surface area (Å²) in [5.74, 6) is -1.08. The highest BCUT2D eigenvalue weighted by Gasteiger charge is 2.20. The van der Waals surface area contributed by atoms with Crippen LogP contribution >= 0.6 is 0 Å². The van der Waals surface area contributed by atoms with Crippen molar-refractivity contribution in [1.82, 2.24) is 0 Å². The predicted molar refractivity (Wildman–Crippen MR) is 93.2 cm³/mol. The summed E-state index contributed by atoms with van der Waals surface area (Å²) in [7, 11) is 0. The predicted octanol–water partition coefficient (Wildman–Crippen LogP) is 2.84. The third-order valence-electron chi connectivity index (χ3n) is 3.87. The number of carbonyl (C=O) groups is 1. The van der Waals surface area contributed by atoms with Crippen LogP contribution in [-0.2, 0) is 6.61 Å². The molecule has 0 aliphatic rings. The van der Waals surface area contributed by atoms with Crippen molar-refractivity contribution < 1.29 is 24.7 Å². The summed E-state index contributed by atoms with van der Waals surface area (Å²) in [5, 5.41) is 31.5. The Bertz CT molecular complexity index is 1030. The molecule has 132 valence electrons. The van der Waals surface area contributed by atoms with E-state index in [2.05, 4.69) is 0 Å². The Kier molecular flexibility index (Phi) is 4.42. The maximum absolute atomic E-state index is 11.6. The van der Waals surface area contributed by atoms with Crippen molar-refractivity contribution in [3.63, 3.8) is 0 Å². The summed E-state index contributed by atoms with van der Waals surface area (Å²) in [6, 6.07) is 11.9. The van der Waals surface area contributed by atoms with Gasteiger partial charge in [0.15, 0.2) is 0 Å². The molecule has 0 saturated carbocycles. The maximum atomic E-state index is 11.6. The van der Waals surface area contributed by atoms with Gasteiger partial charge in [-0.2, -0.15) is 0 Å². The van der Waals surface area contributed by atoms with E-state index in [4.69, 9.17) is 15.6 Å². The lowest BCUT2D eigenvalue weighted by molar-refractivity contribution is -0.385. The molecule has 0 aromatic heterocycles. The summed E-state index contributed by atoms with van der Waals surface area (Å²) in [5.41, 5.74) is 5.15. The number of hydrogen-bond donors (Lipinski definition) is 3. The summed E-state index contributed by atoms with van der Waals surface area (Å²) in [4.78, 5) is 22.3. The molecule has 0 fully saturated rings. The monoisotopic (exact) mass is 354 g/mol. The molecule has 0 saturated heterocycles. The average Bonchev–Trinajstić information content (AvgIpc) is 2.63. The zero-order valence-corrected chi connectivity index (χ0v) is 13.4. The van der Waals surface area contributed by atoms with Gasteiger partial charge in [-0.15, -0.1) is 0 Å². The number of nitro benzene ring substituents is 1. The number of phenols is 1. The van der Waals surface area contributed by atoms with E-state index in [0.29, 0.717) is 16.3 Å². The van der Waals surface area contributed by atoms with Gasteiger partial charge in [-0.3, -0.25) is 14.9 Å². The van der Waals surface area contributed by atoms with Crippen LogP contribution in [0.15, 0.2) is 48.5 Å². The number of aromatic hydroxyl groups is 1. The smallest absolute Gasteiger partial charge is 0.311 e. The Hall–Kier alpha value is -3.65. The normalized spacial score (nSPS) is 10.7. The number of aliphatic hydroxyl groups is 1. The lowest BCUT2D eigenvalue weighted by Crippen LogP contribution is -2.11. The first-order chi connectivity index (χ1) is 12.4. The van der Waals surface area contributed by atoms with Gasteiger partial charge in [0.05, 0.1) is 17.1 Å². The van der Waals surface area contributed by atoms with Crippen molar-refractivity contribution in [1.29, 1.82) is 0 Å². The number of nitrogens with zero attached hydrogens (tertiary/aromatic N) is 1. The van der Waals surface area contributed by atoms with Gasteiger partial charge in [0.2, 0.25) is 5.75 Å². The fourth-order valence-corrected chi connectivity index (χ4v) is 2.61. The van der Waals surface area contributed by atoms with Gasteiger partial charge >= 0.3 is 5.69 Å². The van der Waals surface area contributed by atoms with E-state index in [9.17, 15) is 20.0 Å². The first-order valence-corrected chi connectivity index (χ1v) is 7.53. The van der Waals surface area contributed by atoms with Gasteiger partial charge in [0.25, 0.3) is 5.91 Å². The SMILES string of the molecule is NC(=O)c1cc(Oc2ccc(CO)cc2[N+](=O)[O-])c2ccccc2c1O. The van der Waals surface area contributed by atoms with E-state index in [1.807, 2.05) is 0 Å². The highest BCUT2D eigenvalue weighted by Crippen LogP contribution is 2.40. The number of primary amides is 1. The summed E-state index contributed by atoms with van der Waals surface area (Å²) >= 11 is 0. The van der Waals surface area contributed by atoms with E-state index in [-0.39, 0.29) is 35.1 Å². The van der Waals surface area contributed by atoms with E-state index in [1.165, 1.54) is 24.3 Å². The number of rotatable bonds is 5. The van der Waals surface area contributed by atoms with E-state index < -0.39 is 10.8 Å². The molecule has 0 unspecified atom stereocenters. The molecule has 0 heterocycles. The molecule has 0 radical (unpaired) electrons. The number of aliphatic hydroxyl groups excluding tert-OH is 1. The van der Waals surface area contributed by atoms with Crippen molar-refractivity contribution in [2.75, 3.05) is 0 Å². The van der Waals surface area contributed by atoms with Crippen LogP contribution in [0, 0.1) is 10.1 Å². The summed E-state index contributed by atoms with van der Waals surface area (Å²) in [6.45, 7) is -0.352. The number of nitro groups is 1. The van der Waals surface area contributed by atoms with Crippen molar-refractivity contribution in [3.05, 3.63) is 69.8 Å². The number of amides is 1. The average molecular weight is 354 g/mol. The second kappa shape index (κ2) is 6.69. The summed E-state index contributed by atoms with van der Waals surface area (Å²) < 4.78 is 5.69. The minimum atomic E-state index is -0.858. The molecule has 8 heteroatoms. The van der Waals surface area contributed by atoms with Gasteiger partial charge < -0.3 is 20.7 Å². The minimum Gasteiger partial charge on any atom is -0.506 e. The zero-order chi connectivity index (χ0) is 18.8. The van der Waals surface area contributed by atoms with E-state index >= 15 is 0 Å². The van der Waals surface area contributed by atoms with Crippen LogP contribution in [0.25, 0.3) is 10.8 Å². The number of nitrogens with two attached hydrogens (primary N) is 1. The fraction of sp³-hybridized carbons (Fsp3) is 0.0556. The van der Waals surface area contributed by atoms with E-state index in [0.717, 1.165) is 0 Å². The molecule has 0 aliphatic heterocycles. The molecular weight excluding hydrogens is 340 g/mol. The van der Waals surface area contributed by atoms with Crippen LogP contribution in [0.4, 0.5) is 5.69 Å². The van der Waals surface area contributed by atoms with Gasteiger partial charge in [0.1, 0.15) is 11.5 Å². The maximum Gasteiger partial charge on any atom is 0.311 e. The van der Waals surface area contributed by atoms with Crippen molar-refractivity contribution in [3.8, 4) is 17.2 Å². The van der Waals surface area contributed by atoms with Crippen LogP contribution in [0.2, 0.25) is 0 Å².